The Bertz CT molecular complexity index is 422. The second kappa shape index (κ2) is 5.76. The lowest BCUT2D eigenvalue weighted by Crippen LogP contribution is -2.25. The van der Waals surface area contributed by atoms with Gasteiger partial charge in [-0.25, -0.2) is 0 Å². The van der Waals surface area contributed by atoms with Gasteiger partial charge in [-0.15, -0.1) is 0 Å². The van der Waals surface area contributed by atoms with E-state index in [2.05, 4.69) is 46.9 Å². The minimum Gasteiger partial charge on any atom is -0.299 e. The molecule has 0 N–H and O–H groups in total. The molecule has 0 aliphatic heterocycles. The maximum Gasteiger partial charge on any atom is 0.143 e. The van der Waals surface area contributed by atoms with Gasteiger partial charge in [-0.3, -0.25) is 9.59 Å². The van der Waals surface area contributed by atoms with E-state index < -0.39 is 0 Å². The summed E-state index contributed by atoms with van der Waals surface area (Å²) in [6, 6.07) is 8.39. The molecule has 2 nitrogen and oxygen atoms in total. The highest BCUT2D eigenvalue weighted by molar-refractivity contribution is 14.1. The van der Waals surface area contributed by atoms with Crippen molar-refractivity contribution < 1.29 is 9.59 Å². The van der Waals surface area contributed by atoms with Gasteiger partial charge in [0.05, 0.1) is 6.42 Å². The number of aryl methyl sites for hydroxylation is 1. The number of benzene rings is 1. The van der Waals surface area contributed by atoms with Crippen LogP contribution in [-0.2, 0) is 16.0 Å². The SMILES string of the molecule is O=C1CCC(CCc2ccc(I)cc2)C(=O)C1. The van der Waals surface area contributed by atoms with Crippen LogP contribution in [0.5, 0.6) is 0 Å². The molecule has 0 aromatic heterocycles. The van der Waals surface area contributed by atoms with Crippen LogP contribution in [0.4, 0.5) is 0 Å². The van der Waals surface area contributed by atoms with Crippen molar-refractivity contribution in [3.63, 3.8) is 0 Å². The maximum atomic E-state index is 11.7. The van der Waals surface area contributed by atoms with E-state index in [1.54, 1.807) is 0 Å². The third-order valence-corrected chi connectivity index (χ3v) is 4.01. The molecule has 1 aliphatic rings. The van der Waals surface area contributed by atoms with E-state index in [9.17, 15) is 9.59 Å². The van der Waals surface area contributed by atoms with Gasteiger partial charge in [-0.1, -0.05) is 12.1 Å². The predicted octanol–water partition coefficient (Wildman–Crippen LogP) is 3.16. The van der Waals surface area contributed by atoms with Crippen molar-refractivity contribution in [1.82, 2.24) is 0 Å². The number of carbonyl (C=O) groups is 2. The molecule has 2 rings (SSSR count). The zero-order valence-electron chi connectivity index (χ0n) is 9.62. The summed E-state index contributed by atoms with van der Waals surface area (Å²) in [5.41, 5.74) is 1.27. The fourth-order valence-corrected chi connectivity index (χ4v) is 2.58. The average molecular weight is 342 g/mol. The number of Topliss-reactive ketones (excluding diaryl/α,β-unsaturated/α-hetero) is 2. The summed E-state index contributed by atoms with van der Waals surface area (Å²) >= 11 is 2.28. The van der Waals surface area contributed by atoms with Gasteiger partial charge in [-0.05, 0) is 59.5 Å². The monoisotopic (exact) mass is 342 g/mol. The van der Waals surface area contributed by atoms with Gasteiger partial charge in [0.1, 0.15) is 11.6 Å². The Morgan fingerprint density at radius 3 is 2.53 bits per heavy atom. The van der Waals surface area contributed by atoms with Crippen LogP contribution in [0.1, 0.15) is 31.2 Å². The van der Waals surface area contributed by atoms with Crippen molar-refractivity contribution in [2.24, 2.45) is 5.92 Å². The van der Waals surface area contributed by atoms with Crippen molar-refractivity contribution in [3.05, 3.63) is 33.4 Å². The average Bonchev–Trinajstić information content (AvgIpc) is 2.30. The fourth-order valence-electron chi connectivity index (χ4n) is 2.22. The number of halogens is 1. The Morgan fingerprint density at radius 2 is 1.88 bits per heavy atom. The molecule has 0 radical (unpaired) electrons. The van der Waals surface area contributed by atoms with Crippen molar-refractivity contribution >= 4 is 34.2 Å². The molecular formula is C14H15IO2. The van der Waals surface area contributed by atoms with Crippen LogP contribution in [0.2, 0.25) is 0 Å². The molecule has 0 amide bonds. The highest BCUT2D eigenvalue weighted by Gasteiger charge is 2.26. The molecule has 1 atom stereocenters. The summed E-state index contributed by atoms with van der Waals surface area (Å²) in [7, 11) is 0. The second-order valence-corrected chi connectivity index (χ2v) is 5.83. The fraction of sp³-hybridized carbons (Fsp3) is 0.429. The van der Waals surface area contributed by atoms with Crippen LogP contribution >= 0.6 is 22.6 Å². The van der Waals surface area contributed by atoms with Crippen molar-refractivity contribution in [2.75, 3.05) is 0 Å². The molecule has 1 aliphatic carbocycles. The van der Waals surface area contributed by atoms with Gasteiger partial charge in [0.2, 0.25) is 0 Å². The van der Waals surface area contributed by atoms with Gasteiger partial charge < -0.3 is 0 Å². The van der Waals surface area contributed by atoms with Crippen LogP contribution in [0.25, 0.3) is 0 Å². The standard InChI is InChI=1S/C14H15IO2/c15-12-6-2-10(3-7-12)1-4-11-5-8-13(16)9-14(11)17/h2-3,6-7,11H,1,4-5,8-9H2. The van der Waals surface area contributed by atoms with E-state index in [0.29, 0.717) is 6.42 Å². The van der Waals surface area contributed by atoms with E-state index >= 15 is 0 Å². The molecule has 0 bridgehead atoms. The molecule has 90 valence electrons. The summed E-state index contributed by atoms with van der Waals surface area (Å²) in [5, 5.41) is 0. The van der Waals surface area contributed by atoms with Crippen LogP contribution in [0.15, 0.2) is 24.3 Å². The zero-order chi connectivity index (χ0) is 12.3. The molecule has 0 spiro atoms. The van der Waals surface area contributed by atoms with E-state index in [4.69, 9.17) is 0 Å². The Balaban J connectivity index is 1.88. The maximum absolute atomic E-state index is 11.7. The lowest BCUT2D eigenvalue weighted by molar-refractivity contribution is -0.132. The lowest BCUT2D eigenvalue weighted by atomic mass is 9.83. The number of rotatable bonds is 3. The molecule has 17 heavy (non-hydrogen) atoms. The first-order valence-electron chi connectivity index (χ1n) is 5.94. The highest BCUT2D eigenvalue weighted by atomic mass is 127. The molecule has 1 fully saturated rings. The van der Waals surface area contributed by atoms with Crippen molar-refractivity contribution in [3.8, 4) is 0 Å². The quantitative estimate of drug-likeness (QED) is 0.625. The van der Waals surface area contributed by atoms with Crippen LogP contribution < -0.4 is 0 Å². The summed E-state index contributed by atoms with van der Waals surface area (Å²) in [6.45, 7) is 0. The highest BCUT2D eigenvalue weighted by Crippen LogP contribution is 2.23. The third-order valence-electron chi connectivity index (χ3n) is 3.29. The predicted molar refractivity (Wildman–Crippen MR) is 74.8 cm³/mol. The molecule has 1 unspecified atom stereocenters. The first-order chi connectivity index (χ1) is 8.15. The topological polar surface area (TPSA) is 34.1 Å². The number of carbonyl (C=O) groups excluding carboxylic acids is 2. The smallest absolute Gasteiger partial charge is 0.143 e. The van der Waals surface area contributed by atoms with Crippen LogP contribution in [0, 0.1) is 9.49 Å². The first-order valence-corrected chi connectivity index (χ1v) is 7.02. The third kappa shape index (κ3) is 3.63. The van der Waals surface area contributed by atoms with Gasteiger partial charge in [-0.2, -0.15) is 0 Å². The molecule has 1 aromatic rings. The Morgan fingerprint density at radius 1 is 1.18 bits per heavy atom. The van der Waals surface area contributed by atoms with Gasteiger partial charge >= 0.3 is 0 Å². The molecule has 0 saturated heterocycles. The molecule has 0 heterocycles. The number of ketones is 2. The zero-order valence-corrected chi connectivity index (χ0v) is 11.8. The molecule has 1 saturated carbocycles. The molecule has 1 aromatic carbocycles. The Labute approximate surface area is 115 Å². The Kier molecular flexibility index (Phi) is 4.31. The van der Waals surface area contributed by atoms with E-state index in [0.717, 1.165) is 19.3 Å². The largest absolute Gasteiger partial charge is 0.299 e. The summed E-state index contributed by atoms with van der Waals surface area (Å²) in [4.78, 5) is 22.8. The van der Waals surface area contributed by atoms with Crippen molar-refractivity contribution in [1.29, 1.82) is 0 Å². The normalized spacial score (nSPS) is 20.6. The minimum absolute atomic E-state index is 0.104. The summed E-state index contributed by atoms with van der Waals surface area (Å²) in [5.74, 6) is 0.360. The van der Waals surface area contributed by atoms with Crippen molar-refractivity contribution in [2.45, 2.75) is 32.1 Å². The lowest BCUT2D eigenvalue weighted by Gasteiger charge is -2.19. The summed E-state index contributed by atoms with van der Waals surface area (Å²) < 4.78 is 1.23. The van der Waals surface area contributed by atoms with Crippen LogP contribution in [0.3, 0.4) is 0 Å². The van der Waals surface area contributed by atoms with E-state index in [-0.39, 0.29) is 23.9 Å². The Hall–Kier alpha value is -0.710. The number of hydrogen-bond acceptors (Lipinski definition) is 2. The molecule has 3 heteroatoms. The number of hydrogen-bond donors (Lipinski definition) is 0. The van der Waals surface area contributed by atoms with E-state index in [1.807, 2.05) is 0 Å². The minimum atomic E-state index is 0.104. The van der Waals surface area contributed by atoms with E-state index in [1.165, 1.54) is 9.13 Å². The van der Waals surface area contributed by atoms with Gasteiger partial charge in [0.25, 0.3) is 0 Å². The summed E-state index contributed by atoms with van der Waals surface area (Å²) in [6.07, 6.45) is 3.32. The first kappa shape index (κ1) is 12.7. The van der Waals surface area contributed by atoms with Crippen LogP contribution in [-0.4, -0.2) is 11.6 Å². The van der Waals surface area contributed by atoms with Gasteiger partial charge in [0.15, 0.2) is 0 Å². The van der Waals surface area contributed by atoms with Gasteiger partial charge in [0, 0.05) is 15.9 Å². The molecular weight excluding hydrogens is 327 g/mol. The second-order valence-electron chi connectivity index (χ2n) is 4.58.